The number of carbonyl (C=O) groups is 1. The second-order valence-electron chi connectivity index (χ2n) is 6.61. The van der Waals surface area contributed by atoms with E-state index in [-0.39, 0.29) is 5.91 Å². The minimum Gasteiger partial charge on any atom is -0.334 e. The predicted molar refractivity (Wildman–Crippen MR) is 87.4 cm³/mol. The second kappa shape index (κ2) is 6.14. The van der Waals surface area contributed by atoms with Crippen LogP contribution >= 0.6 is 0 Å². The van der Waals surface area contributed by atoms with Crippen molar-refractivity contribution in [3.8, 4) is 5.69 Å². The summed E-state index contributed by atoms with van der Waals surface area (Å²) in [6, 6.07) is 10.1. The fraction of sp³-hybridized carbons (Fsp3) is 0.500. The van der Waals surface area contributed by atoms with E-state index >= 15 is 0 Å². The molecule has 4 rings (SSSR count). The van der Waals surface area contributed by atoms with Gasteiger partial charge in [-0.15, -0.1) is 5.10 Å². The number of aromatic nitrogens is 3. The molecule has 120 valence electrons. The average molecular weight is 310 g/mol. The van der Waals surface area contributed by atoms with Crippen molar-refractivity contribution in [1.82, 2.24) is 19.9 Å². The fourth-order valence-corrected chi connectivity index (χ4v) is 4.07. The highest BCUT2D eigenvalue weighted by Gasteiger charge is 2.36. The minimum absolute atomic E-state index is 0.0452. The molecule has 5 heteroatoms. The predicted octanol–water partition coefficient (Wildman–Crippen LogP) is 3.06. The molecular weight excluding hydrogens is 288 g/mol. The summed E-state index contributed by atoms with van der Waals surface area (Å²) < 4.78 is 0. The van der Waals surface area contributed by atoms with Gasteiger partial charge >= 0.3 is 0 Å². The van der Waals surface area contributed by atoms with Crippen LogP contribution in [0.25, 0.3) is 5.69 Å². The van der Waals surface area contributed by atoms with Crippen molar-refractivity contribution < 1.29 is 4.79 Å². The molecule has 1 aromatic heterocycles. The number of carbonyl (C=O) groups excluding carboxylic acids is 1. The number of amides is 1. The number of para-hydroxylation sites is 1. The number of likely N-dealkylation sites (tertiary alicyclic amines) is 1. The summed E-state index contributed by atoms with van der Waals surface area (Å²) >= 11 is 0. The van der Waals surface area contributed by atoms with Gasteiger partial charge in [0.15, 0.2) is 5.69 Å². The summed E-state index contributed by atoms with van der Waals surface area (Å²) in [6.45, 7) is 0.859. The van der Waals surface area contributed by atoms with Crippen molar-refractivity contribution in [3.63, 3.8) is 0 Å². The van der Waals surface area contributed by atoms with Crippen molar-refractivity contribution in [2.24, 2.45) is 5.92 Å². The molecule has 1 saturated carbocycles. The molecule has 23 heavy (non-hydrogen) atoms. The van der Waals surface area contributed by atoms with Gasteiger partial charge < -0.3 is 4.90 Å². The Morgan fingerprint density at radius 1 is 1.04 bits per heavy atom. The SMILES string of the molecule is O=C(c1cnn(-c2ccccc2)n1)N1CCC[C@H]2CCCC[C@H]21. The summed E-state index contributed by atoms with van der Waals surface area (Å²) in [5, 5.41) is 8.67. The van der Waals surface area contributed by atoms with Crippen LogP contribution in [0.3, 0.4) is 0 Å². The van der Waals surface area contributed by atoms with Gasteiger partial charge in [-0.25, -0.2) is 0 Å². The fourth-order valence-electron chi connectivity index (χ4n) is 4.07. The van der Waals surface area contributed by atoms with Crippen molar-refractivity contribution >= 4 is 5.91 Å². The van der Waals surface area contributed by atoms with Crippen LogP contribution in [0.2, 0.25) is 0 Å². The molecule has 1 aromatic carbocycles. The van der Waals surface area contributed by atoms with Gasteiger partial charge in [-0.05, 0) is 43.7 Å². The third-order valence-electron chi connectivity index (χ3n) is 5.20. The molecule has 1 amide bonds. The van der Waals surface area contributed by atoms with Crippen LogP contribution in [0.4, 0.5) is 0 Å². The summed E-state index contributed by atoms with van der Waals surface area (Å²) in [6.07, 6.45) is 8.94. The van der Waals surface area contributed by atoms with Crippen LogP contribution in [0.1, 0.15) is 49.0 Å². The highest BCUT2D eigenvalue weighted by atomic mass is 16.2. The summed E-state index contributed by atoms with van der Waals surface area (Å²) in [5.41, 5.74) is 1.33. The maximum absolute atomic E-state index is 12.9. The van der Waals surface area contributed by atoms with Crippen molar-refractivity contribution in [1.29, 1.82) is 0 Å². The molecule has 0 unspecified atom stereocenters. The third-order valence-corrected chi connectivity index (χ3v) is 5.20. The van der Waals surface area contributed by atoms with Crippen LogP contribution in [0.15, 0.2) is 36.5 Å². The molecule has 5 nitrogen and oxygen atoms in total. The van der Waals surface area contributed by atoms with Gasteiger partial charge in [-0.2, -0.15) is 9.90 Å². The Morgan fingerprint density at radius 3 is 2.70 bits per heavy atom. The number of nitrogens with zero attached hydrogens (tertiary/aromatic N) is 4. The molecule has 0 radical (unpaired) electrons. The Bertz CT molecular complexity index is 679. The number of benzene rings is 1. The molecule has 2 fully saturated rings. The Labute approximate surface area is 136 Å². The van der Waals surface area contributed by atoms with Crippen LogP contribution in [0, 0.1) is 5.92 Å². The Kier molecular flexibility index (Phi) is 3.85. The molecule has 1 saturated heterocycles. The van der Waals surface area contributed by atoms with Gasteiger partial charge in [0.05, 0.1) is 11.9 Å². The normalized spacial score (nSPS) is 24.3. The topological polar surface area (TPSA) is 51.0 Å². The van der Waals surface area contributed by atoms with Gasteiger partial charge in [-0.3, -0.25) is 4.79 Å². The lowest BCUT2D eigenvalue weighted by atomic mass is 9.78. The zero-order valence-electron chi connectivity index (χ0n) is 13.3. The van der Waals surface area contributed by atoms with Gasteiger partial charge in [0.2, 0.25) is 0 Å². The first-order chi connectivity index (χ1) is 11.3. The van der Waals surface area contributed by atoms with Crippen LogP contribution < -0.4 is 0 Å². The van der Waals surface area contributed by atoms with E-state index in [2.05, 4.69) is 15.1 Å². The van der Waals surface area contributed by atoms with E-state index in [1.165, 1.54) is 30.5 Å². The first-order valence-electron chi connectivity index (χ1n) is 8.62. The first kappa shape index (κ1) is 14.4. The Morgan fingerprint density at radius 2 is 1.83 bits per heavy atom. The summed E-state index contributed by atoms with van der Waals surface area (Å²) in [4.78, 5) is 16.5. The van der Waals surface area contributed by atoms with E-state index in [4.69, 9.17) is 0 Å². The van der Waals surface area contributed by atoms with E-state index in [0.29, 0.717) is 17.7 Å². The molecule has 0 spiro atoms. The zero-order chi connectivity index (χ0) is 15.6. The number of hydrogen-bond acceptors (Lipinski definition) is 3. The van der Waals surface area contributed by atoms with Gasteiger partial charge in [0.25, 0.3) is 5.91 Å². The Hall–Kier alpha value is -2.17. The molecule has 2 aliphatic rings. The van der Waals surface area contributed by atoms with Crippen molar-refractivity contribution in [3.05, 3.63) is 42.2 Å². The molecule has 2 heterocycles. The zero-order valence-corrected chi connectivity index (χ0v) is 13.3. The minimum atomic E-state index is 0.0452. The van der Waals surface area contributed by atoms with E-state index in [0.717, 1.165) is 25.1 Å². The van der Waals surface area contributed by atoms with Crippen molar-refractivity contribution in [2.75, 3.05) is 6.54 Å². The highest BCUT2D eigenvalue weighted by Crippen LogP contribution is 2.35. The lowest BCUT2D eigenvalue weighted by Crippen LogP contribution is -2.49. The first-order valence-corrected chi connectivity index (χ1v) is 8.62. The molecule has 1 aliphatic heterocycles. The lowest BCUT2D eigenvalue weighted by molar-refractivity contribution is 0.0385. The van der Waals surface area contributed by atoms with Gasteiger partial charge in [0.1, 0.15) is 0 Å². The maximum Gasteiger partial charge on any atom is 0.276 e. The quantitative estimate of drug-likeness (QED) is 0.856. The smallest absolute Gasteiger partial charge is 0.276 e. The largest absolute Gasteiger partial charge is 0.334 e. The van der Waals surface area contributed by atoms with E-state index in [9.17, 15) is 4.79 Å². The maximum atomic E-state index is 12.9. The monoisotopic (exact) mass is 310 g/mol. The number of piperidine rings is 1. The highest BCUT2D eigenvalue weighted by molar-refractivity contribution is 5.92. The van der Waals surface area contributed by atoms with Crippen LogP contribution in [0.5, 0.6) is 0 Å². The number of hydrogen-bond donors (Lipinski definition) is 0. The van der Waals surface area contributed by atoms with Crippen molar-refractivity contribution in [2.45, 2.75) is 44.6 Å². The van der Waals surface area contributed by atoms with Gasteiger partial charge in [0, 0.05) is 12.6 Å². The molecule has 2 atom stereocenters. The van der Waals surface area contributed by atoms with Crippen LogP contribution in [-0.2, 0) is 0 Å². The standard InChI is InChI=1S/C18H22N4O/c23-18(21-12-6-8-14-7-4-5-11-17(14)21)16-13-19-22(20-16)15-9-2-1-3-10-15/h1-3,9-10,13-14,17H,4-8,11-12H2/t14-,17-/m1/s1. The molecule has 1 aliphatic carbocycles. The van der Waals surface area contributed by atoms with E-state index in [1.54, 1.807) is 6.20 Å². The van der Waals surface area contributed by atoms with Crippen LogP contribution in [-0.4, -0.2) is 38.4 Å². The molecule has 0 N–H and O–H groups in total. The Balaban J connectivity index is 1.56. The number of fused-ring (bicyclic) bond motifs is 1. The molecular formula is C18H22N4O. The molecule has 0 bridgehead atoms. The van der Waals surface area contributed by atoms with Gasteiger partial charge in [-0.1, -0.05) is 31.0 Å². The average Bonchev–Trinajstić information content (AvgIpc) is 3.11. The third kappa shape index (κ3) is 2.76. The van der Waals surface area contributed by atoms with E-state index in [1.807, 2.05) is 30.3 Å². The number of rotatable bonds is 2. The molecule has 2 aromatic rings. The van der Waals surface area contributed by atoms with E-state index < -0.39 is 0 Å². The lowest BCUT2D eigenvalue weighted by Gasteiger charge is -2.43. The summed E-state index contributed by atoms with van der Waals surface area (Å²) in [7, 11) is 0. The summed E-state index contributed by atoms with van der Waals surface area (Å²) in [5.74, 6) is 0.731. The second-order valence-corrected chi connectivity index (χ2v) is 6.61.